The lowest BCUT2D eigenvalue weighted by Crippen LogP contribution is -2.43. The zero-order valence-corrected chi connectivity index (χ0v) is 12.6. The first-order chi connectivity index (χ1) is 9.51. The Morgan fingerprint density at radius 2 is 2.10 bits per heavy atom. The Kier molecular flexibility index (Phi) is 6.36. The molecule has 0 aliphatic carbocycles. The van der Waals surface area contributed by atoms with Gasteiger partial charge in [-0.15, -0.1) is 0 Å². The summed E-state index contributed by atoms with van der Waals surface area (Å²) in [5.74, 6) is -0.106. The Morgan fingerprint density at radius 1 is 1.35 bits per heavy atom. The van der Waals surface area contributed by atoms with Crippen LogP contribution in [0.1, 0.15) is 46.0 Å². The number of hydrogen-bond donors (Lipinski definition) is 2. The van der Waals surface area contributed by atoms with Crippen molar-refractivity contribution in [3.63, 3.8) is 0 Å². The number of rotatable bonds is 9. The van der Waals surface area contributed by atoms with Crippen molar-refractivity contribution in [2.75, 3.05) is 12.4 Å². The van der Waals surface area contributed by atoms with Crippen LogP contribution in [0.2, 0.25) is 0 Å². The highest BCUT2D eigenvalue weighted by Gasteiger charge is 2.32. The van der Waals surface area contributed by atoms with Gasteiger partial charge in [-0.2, -0.15) is 0 Å². The maximum atomic E-state index is 11.6. The van der Waals surface area contributed by atoms with Gasteiger partial charge in [-0.3, -0.25) is 0 Å². The molecule has 0 aromatic heterocycles. The lowest BCUT2D eigenvalue weighted by molar-refractivity contribution is -0.142. The van der Waals surface area contributed by atoms with Crippen LogP contribution in [-0.2, 0) is 4.79 Å². The van der Waals surface area contributed by atoms with Crippen molar-refractivity contribution in [2.24, 2.45) is 0 Å². The van der Waals surface area contributed by atoms with E-state index in [0.717, 1.165) is 31.4 Å². The molecule has 0 heterocycles. The number of unbranched alkanes of at least 4 members (excludes halogenated alkanes) is 3. The van der Waals surface area contributed by atoms with E-state index in [0.29, 0.717) is 12.2 Å². The van der Waals surface area contributed by atoms with Gasteiger partial charge in [0.2, 0.25) is 0 Å². The molecule has 0 saturated heterocycles. The van der Waals surface area contributed by atoms with Crippen LogP contribution >= 0.6 is 0 Å². The van der Waals surface area contributed by atoms with Gasteiger partial charge in [0.05, 0.1) is 7.11 Å². The fourth-order valence-corrected chi connectivity index (χ4v) is 2.15. The molecule has 1 aromatic rings. The minimum atomic E-state index is -0.944. The third kappa shape index (κ3) is 4.76. The maximum absolute atomic E-state index is 11.6. The number of ether oxygens (including phenoxy) is 1. The molecule has 0 bridgehead atoms. The van der Waals surface area contributed by atoms with Crippen LogP contribution in [0.25, 0.3) is 0 Å². The Bertz CT molecular complexity index is 433. The molecule has 0 saturated carbocycles. The summed E-state index contributed by atoms with van der Waals surface area (Å²) in [5, 5.41) is 12.6. The molecule has 20 heavy (non-hydrogen) atoms. The Hall–Kier alpha value is -1.71. The predicted molar refractivity (Wildman–Crippen MR) is 81.4 cm³/mol. The molecule has 4 heteroatoms. The van der Waals surface area contributed by atoms with Crippen LogP contribution in [0, 0.1) is 0 Å². The summed E-state index contributed by atoms with van der Waals surface area (Å²) in [6, 6.07) is 7.36. The summed E-state index contributed by atoms with van der Waals surface area (Å²) in [7, 11) is 1.60. The van der Waals surface area contributed by atoms with Crippen LogP contribution in [0.3, 0.4) is 0 Å². The van der Waals surface area contributed by atoms with E-state index >= 15 is 0 Å². The molecular formula is C16H25NO3. The largest absolute Gasteiger partial charge is 0.497 e. The number of carboxylic acid groups (broad SMARTS) is 1. The molecule has 0 radical (unpaired) electrons. The van der Waals surface area contributed by atoms with E-state index < -0.39 is 11.5 Å². The Labute approximate surface area is 121 Å². The lowest BCUT2D eigenvalue weighted by atomic mass is 9.93. The predicted octanol–water partition coefficient (Wildman–Crippen LogP) is 3.92. The first-order valence-electron chi connectivity index (χ1n) is 7.17. The van der Waals surface area contributed by atoms with E-state index in [1.165, 1.54) is 0 Å². The van der Waals surface area contributed by atoms with Crippen LogP contribution in [0.4, 0.5) is 5.69 Å². The van der Waals surface area contributed by atoms with Crippen molar-refractivity contribution >= 4 is 11.7 Å². The Morgan fingerprint density at radius 3 is 2.70 bits per heavy atom. The molecule has 0 fully saturated rings. The average molecular weight is 279 g/mol. The number of carboxylic acids is 1. The molecule has 2 N–H and O–H groups in total. The zero-order chi connectivity index (χ0) is 15.0. The van der Waals surface area contributed by atoms with Crippen LogP contribution in [0.5, 0.6) is 5.75 Å². The smallest absolute Gasteiger partial charge is 0.329 e. The summed E-state index contributed by atoms with van der Waals surface area (Å²) in [6.45, 7) is 3.88. The standard InChI is InChI=1S/C16H25NO3/c1-4-5-6-7-11-16(2,15(18)19)17-13-9-8-10-14(12-13)20-3/h8-10,12,17H,4-7,11H2,1-3H3,(H,18,19). The number of aliphatic carboxylic acids is 1. The normalized spacial score (nSPS) is 13.6. The number of hydrogen-bond acceptors (Lipinski definition) is 3. The highest BCUT2D eigenvalue weighted by Crippen LogP contribution is 2.24. The van der Waals surface area contributed by atoms with E-state index in [2.05, 4.69) is 12.2 Å². The molecule has 1 atom stereocenters. The number of methoxy groups -OCH3 is 1. The van der Waals surface area contributed by atoms with Crippen molar-refractivity contribution in [3.8, 4) is 5.75 Å². The number of benzene rings is 1. The van der Waals surface area contributed by atoms with E-state index in [-0.39, 0.29) is 0 Å². The molecule has 1 unspecified atom stereocenters. The van der Waals surface area contributed by atoms with Gasteiger partial charge < -0.3 is 15.2 Å². The minimum absolute atomic E-state index is 0.611. The third-order valence-corrected chi connectivity index (χ3v) is 3.49. The van der Waals surface area contributed by atoms with Gasteiger partial charge in [-0.05, 0) is 25.5 Å². The summed E-state index contributed by atoms with van der Waals surface area (Å²) >= 11 is 0. The van der Waals surface area contributed by atoms with Crippen molar-refractivity contribution in [3.05, 3.63) is 24.3 Å². The zero-order valence-electron chi connectivity index (χ0n) is 12.6. The lowest BCUT2D eigenvalue weighted by Gasteiger charge is -2.27. The Balaban J connectivity index is 2.71. The molecule has 0 amide bonds. The maximum Gasteiger partial charge on any atom is 0.329 e. The average Bonchev–Trinajstić information content (AvgIpc) is 2.43. The van der Waals surface area contributed by atoms with Crippen molar-refractivity contribution < 1.29 is 14.6 Å². The summed E-state index contributed by atoms with van der Waals surface area (Å²) in [5.41, 5.74) is -0.176. The fourth-order valence-electron chi connectivity index (χ4n) is 2.15. The molecule has 1 rings (SSSR count). The van der Waals surface area contributed by atoms with E-state index in [1.54, 1.807) is 14.0 Å². The number of anilines is 1. The second-order valence-corrected chi connectivity index (χ2v) is 5.30. The monoisotopic (exact) mass is 279 g/mol. The molecule has 4 nitrogen and oxygen atoms in total. The van der Waals surface area contributed by atoms with Gasteiger partial charge in [0, 0.05) is 11.8 Å². The number of nitrogens with one attached hydrogen (secondary N) is 1. The topological polar surface area (TPSA) is 58.6 Å². The van der Waals surface area contributed by atoms with Crippen LogP contribution < -0.4 is 10.1 Å². The van der Waals surface area contributed by atoms with Gasteiger partial charge in [0.15, 0.2) is 0 Å². The van der Waals surface area contributed by atoms with Gasteiger partial charge >= 0.3 is 5.97 Å². The minimum Gasteiger partial charge on any atom is -0.497 e. The second-order valence-electron chi connectivity index (χ2n) is 5.30. The van der Waals surface area contributed by atoms with E-state index in [4.69, 9.17) is 4.74 Å². The molecule has 0 aliphatic rings. The van der Waals surface area contributed by atoms with Crippen molar-refractivity contribution in [1.82, 2.24) is 0 Å². The van der Waals surface area contributed by atoms with Gasteiger partial charge in [-0.25, -0.2) is 4.79 Å². The third-order valence-electron chi connectivity index (χ3n) is 3.49. The molecule has 0 spiro atoms. The molecular weight excluding hydrogens is 254 g/mol. The molecule has 112 valence electrons. The quantitative estimate of drug-likeness (QED) is 0.673. The number of carbonyl (C=O) groups is 1. The second kappa shape index (κ2) is 7.78. The van der Waals surface area contributed by atoms with Crippen molar-refractivity contribution in [2.45, 2.75) is 51.5 Å². The SMILES string of the molecule is CCCCCCC(C)(Nc1cccc(OC)c1)C(=O)O. The summed E-state index contributed by atoms with van der Waals surface area (Å²) in [4.78, 5) is 11.6. The summed E-state index contributed by atoms with van der Waals surface area (Å²) < 4.78 is 5.16. The van der Waals surface area contributed by atoms with Crippen LogP contribution in [-0.4, -0.2) is 23.7 Å². The highest BCUT2D eigenvalue weighted by molar-refractivity contribution is 5.82. The van der Waals surface area contributed by atoms with Gasteiger partial charge in [-0.1, -0.05) is 38.7 Å². The van der Waals surface area contributed by atoms with E-state index in [1.807, 2.05) is 24.3 Å². The highest BCUT2D eigenvalue weighted by atomic mass is 16.5. The van der Waals surface area contributed by atoms with Crippen LogP contribution in [0.15, 0.2) is 24.3 Å². The summed E-state index contributed by atoms with van der Waals surface area (Å²) in [6.07, 6.45) is 4.88. The molecule has 1 aromatic carbocycles. The van der Waals surface area contributed by atoms with Gasteiger partial charge in [0.25, 0.3) is 0 Å². The van der Waals surface area contributed by atoms with Gasteiger partial charge in [0.1, 0.15) is 11.3 Å². The van der Waals surface area contributed by atoms with E-state index in [9.17, 15) is 9.90 Å². The first kappa shape index (κ1) is 16.3. The first-order valence-corrected chi connectivity index (χ1v) is 7.17. The molecule has 0 aliphatic heterocycles. The fraction of sp³-hybridized carbons (Fsp3) is 0.562. The van der Waals surface area contributed by atoms with Crippen molar-refractivity contribution in [1.29, 1.82) is 0 Å².